The lowest BCUT2D eigenvalue weighted by molar-refractivity contribution is 0.0690. The monoisotopic (exact) mass is 717 g/mol. The Kier molecular flexibility index (Phi) is 9.05. The topological polar surface area (TPSA) is 133 Å². The first-order valence-electron chi connectivity index (χ1n) is 17.0. The third-order valence-corrected chi connectivity index (χ3v) is 11.6. The standard InChI is InChI=1S/C38H35N7O4S2/c1-2-23-19-39-20-25-21-40-45(34(23)25)26-12-14-27(15-13-26)49-18-6-11-32-33(36(47)48)42-38(51-32)44-17-16-24-7-5-8-28(29(24)22-44)35(46)43-37-41-30-9-3-4-10-31(30)50-37/h3-5,7-10,12-15,19-21,23,34H,2,6,11,16-18,22H2,1H3,(H,47,48)(H,41,43,46). The Hall–Kier alpha value is -5.40. The highest BCUT2D eigenvalue weighted by atomic mass is 32.1. The zero-order valence-corrected chi connectivity index (χ0v) is 29.5. The van der Waals surface area contributed by atoms with Crippen molar-refractivity contribution < 1.29 is 19.4 Å². The van der Waals surface area contributed by atoms with E-state index in [-0.39, 0.29) is 17.6 Å². The van der Waals surface area contributed by atoms with Crippen LogP contribution in [0.1, 0.15) is 56.6 Å². The SMILES string of the molecule is CCC1C=NC=C2C=NN(c3ccc(OCCCc4sc(N5CCc6cccc(C(=O)Nc7nc8ccccc8s7)c6C5)nc4C(=O)O)cc3)C21. The number of nitrogens with one attached hydrogen (secondary N) is 1. The molecule has 5 aromatic rings. The number of nitrogens with zero attached hydrogens (tertiary/aromatic N) is 6. The summed E-state index contributed by atoms with van der Waals surface area (Å²) in [4.78, 5) is 42.0. The molecule has 0 bridgehead atoms. The van der Waals surface area contributed by atoms with Crippen LogP contribution in [0.15, 0.2) is 88.6 Å². The molecule has 258 valence electrons. The van der Waals surface area contributed by atoms with Gasteiger partial charge in [-0.25, -0.2) is 14.8 Å². The molecule has 0 saturated carbocycles. The minimum Gasteiger partial charge on any atom is -0.494 e. The molecule has 1 amide bonds. The van der Waals surface area contributed by atoms with Crippen molar-refractivity contribution in [3.05, 3.63) is 106 Å². The molecule has 11 nitrogen and oxygen atoms in total. The van der Waals surface area contributed by atoms with Gasteiger partial charge in [0.15, 0.2) is 16.0 Å². The second-order valence-electron chi connectivity index (χ2n) is 12.6. The van der Waals surface area contributed by atoms with Gasteiger partial charge in [-0.15, -0.1) is 11.3 Å². The summed E-state index contributed by atoms with van der Waals surface area (Å²) in [7, 11) is 0. The van der Waals surface area contributed by atoms with Crippen LogP contribution in [-0.4, -0.2) is 58.6 Å². The van der Waals surface area contributed by atoms with Crippen molar-refractivity contribution in [1.29, 1.82) is 0 Å². The number of aromatic nitrogens is 2. The Morgan fingerprint density at radius 3 is 2.73 bits per heavy atom. The molecule has 2 aromatic heterocycles. The van der Waals surface area contributed by atoms with E-state index in [9.17, 15) is 14.7 Å². The summed E-state index contributed by atoms with van der Waals surface area (Å²) in [6, 6.07) is 21.6. The van der Waals surface area contributed by atoms with E-state index in [2.05, 4.69) is 37.2 Å². The molecule has 2 N–H and O–H groups in total. The number of hydrogen-bond acceptors (Lipinski definition) is 11. The van der Waals surface area contributed by atoms with Gasteiger partial charge >= 0.3 is 5.97 Å². The van der Waals surface area contributed by atoms with Crippen molar-refractivity contribution in [1.82, 2.24) is 9.97 Å². The largest absolute Gasteiger partial charge is 0.494 e. The van der Waals surface area contributed by atoms with E-state index in [0.29, 0.717) is 59.2 Å². The molecule has 0 saturated heterocycles. The van der Waals surface area contributed by atoms with Crippen LogP contribution in [0.3, 0.4) is 0 Å². The molecule has 13 heteroatoms. The quantitative estimate of drug-likeness (QED) is 0.135. The zero-order valence-electron chi connectivity index (χ0n) is 27.9. The lowest BCUT2D eigenvalue weighted by atomic mass is 9.91. The van der Waals surface area contributed by atoms with Crippen molar-refractivity contribution in [2.24, 2.45) is 16.0 Å². The smallest absolute Gasteiger partial charge is 0.355 e. The van der Waals surface area contributed by atoms with Crippen molar-refractivity contribution in [2.45, 2.75) is 45.2 Å². The fourth-order valence-corrected chi connectivity index (χ4v) is 8.79. The number of aliphatic imine (C=N–C) groups is 1. The molecular formula is C38H35N7O4S2. The minimum atomic E-state index is -1.05. The van der Waals surface area contributed by atoms with Crippen molar-refractivity contribution in [2.75, 3.05) is 28.4 Å². The molecule has 0 aliphatic carbocycles. The van der Waals surface area contributed by atoms with Gasteiger partial charge in [-0.1, -0.05) is 42.5 Å². The maximum absolute atomic E-state index is 13.5. The molecular weight excluding hydrogens is 683 g/mol. The number of thiazole rings is 2. The second-order valence-corrected chi connectivity index (χ2v) is 14.7. The van der Waals surface area contributed by atoms with Gasteiger partial charge in [0.1, 0.15) is 5.75 Å². The van der Waals surface area contributed by atoms with Gasteiger partial charge in [-0.3, -0.25) is 20.1 Å². The Bertz CT molecular complexity index is 2170. The van der Waals surface area contributed by atoms with E-state index < -0.39 is 5.97 Å². The molecule has 0 fully saturated rings. The molecule has 8 rings (SSSR count). The molecule has 2 unspecified atom stereocenters. The average Bonchev–Trinajstić information content (AvgIpc) is 3.90. The fraction of sp³-hybridized carbons (Fsp3) is 0.263. The van der Waals surface area contributed by atoms with Crippen LogP contribution in [0, 0.1) is 5.92 Å². The number of fused-ring (bicyclic) bond motifs is 3. The number of anilines is 3. The Labute approximate surface area is 302 Å². The zero-order chi connectivity index (χ0) is 34.9. The molecule has 5 heterocycles. The van der Waals surface area contributed by atoms with Crippen LogP contribution in [0.5, 0.6) is 5.75 Å². The van der Waals surface area contributed by atoms with Crippen molar-refractivity contribution >= 4 is 73.1 Å². The maximum Gasteiger partial charge on any atom is 0.355 e. The molecule has 0 spiro atoms. The number of ether oxygens (including phenoxy) is 1. The number of benzene rings is 3. The first-order valence-corrected chi connectivity index (χ1v) is 18.6. The first kappa shape index (κ1) is 32.8. The first-order chi connectivity index (χ1) is 24.9. The van der Waals surface area contributed by atoms with Gasteiger partial charge < -0.3 is 14.7 Å². The number of carbonyl (C=O) groups excluding carboxylic acids is 1. The molecule has 3 aliphatic heterocycles. The van der Waals surface area contributed by atoms with E-state index in [1.807, 2.05) is 90.4 Å². The predicted molar refractivity (Wildman–Crippen MR) is 203 cm³/mol. The number of para-hydroxylation sites is 1. The lowest BCUT2D eigenvalue weighted by Crippen LogP contribution is -2.37. The van der Waals surface area contributed by atoms with Gasteiger partial charge in [0.05, 0.1) is 34.8 Å². The number of carbonyl (C=O) groups is 2. The minimum absolute atomic E-state index is 0.0738. The average molecular weight is 718 g/mol. The van der Waals surface area contributed by atoms with Crippen molar-refractivity contribution in [3.63, 3.8) is 0 Å². The number of hydrogen-bond donors (Lipinski definition) is 2. The summed E-state index contributed by atoms with van der Waals surface area (Å²) < 4.78 is 7.06. The van der Waals surface area contributed by atoms with Crippen LogP contribution >= 0.6 is 22.7 Å². The van der Waals surface area contributed by atoms with Crippen LogP contribution in [-0.2, 0) is 19.4 Å². The summed E-state index contributed by atoms with van der Waals surface area (Å²) in [5.74, 6) is -0.214. The Morgan fingerprint density at radius 2 is 1.90 bits per heavy atom. The molecule has 3 aromatic carbocycles. The van der Waals surface area contributed by atoms with Gasteiger partial charge in [0, 0.05) is 47.4 Å². The number of carboxylic acids is 1. The van der Waals surface area contributed by atoms with Crippen LogP contribution in [0.25, 0.3) is 10.2 Å². The predicted octanol–water partition coefficient (Wildman–Crippen LogP) is 7.45. The third kappa shape index (κ3) is 6.62. The molecule has 3 aliphatic rings. The van der Waals surface area contributed by atoms with Gasteiger partial charge in [-0.2, -0.15) is 5.10 Å². The highest BCUT2D eigenvalue weighted by Crippen LogP contribution is 2.35. The number of aromatic carboxylic acids is 1. The number of rotatable bonds is 11. The lowest BCUT2D eigenvalue weighted by Gasteiger charge is -2.30. The molecule has 0 radical (unpaired) electrons. The van der Waals surface area contributed by atoms with E-state index >= 15 is 0 Å². The highest BCUT2D eigenvalue weighted by Gasteiger charge is 2.34. The van der Waals surface area contributed by atoms with E-state index in [4.69, 9.17) is 4.74 Å². The van der Waals surface area contributed by atoms with Crippen LogP contribution < -0.4 is 20.0 Å². The Balaban J connectivity index is 0.899. The van der Waals surface area contributed by atoms with E-state index in [0.717, 1.165) is 51.2 Å². The summed E-state index contributed by atoms with van der Waals surface area (Å²) in [5.41, 5.74) is 5.64. The van der Waals surface area contributed by atoms with Crippen LogP contribution in [0.4, 0.5) is 16.0 Å². The number of carboxylic acid groups (broad SMARTS) is 1. The number of aryl methyl sites for hydroxylation is 1. The summed E-state index contributed by atoms with van der Waals surface area (Å²) in [5, 5.41) is 20.9. The number of hydrazone groups is 1. The van der Waals surface area contributed by atoms with E-state index in [1.54, 1.807) is 0 Å². The number of amides is 1. The third-order valence-electron chi connectivity index (χ3n) is 9.42. The maximum atomic E-state index is 13.5. The van der Waals surface area contributed by atoms with Gasteiger partial charge in [0.2, 0.25) is 0 Å². The van der Waals surface area contributed by atoms with Gasteiger partial charge in [0.25, 0.3) is 5.91 Å². The fourth-order valence-electron chi connectivity index (χ4n) is 6.81. The summed E-state index contributed by atoms with van der Waals surface area (Å²) in [6.45, 7) is 3.73. The molecule has 2 atom stereocenters. The highest BCUT2D eigenvalue weighted by molar-refractivity contribution is 7.22. The summed E-state index contributed by atoms with van der Waals surface area (Å²) in [6.07, 6.45) is 8.63. The van der Waals surface area contributed by atoms with Gasteiger partial charge in [-0.05, 0) is 79.3 Å². The normalized spacial score (nSPS) is 17.7. The summed E-state index contributed by atoms with van der Waals surface area (Å²) >= 11 is 2.84. The molecule has 51 heavy (non-hydrogen) atoms. The van der Waals surface area contributed by atoms with Crippen LogP contribution in [0.2, 0.25) is 0 Å². The van der Waals surface area contributed by atoms with E-state index in [1.165, 1.54) is 22.7 Å². The van der Waals surface area contributed by atoms with Crippen molar-refractivity contribution in [3.8, 4) is 5.75 Å². The Morgan fingerprint density at radius 1 is 1.04 bits per heavy atom. The second kappa shape index (κ2) is 14.1.